The Morgan fingerprint density at radius 1 is 1.19 bits per heavy atom. The van der Waals surface area contributed by atoms with Gasteiger partial charge in [0.05, 0.1) is 6.61 Å². The van der Waals surface area contributed by atoms with E-state index in [1.165, 1.54) is 5.56 Å². The van der Waals surface area contributed by atoms with Gasteiger partial charge in [-0.2, -0.15) is 0 Å². The third kappa shape index (κ3) is 4.67. The van der Waals surface area contributed by atoms with E-state index in [-0.39, 0.29) is 5.41 Å². The molecule has 90 valence electrons. The Kier molecular flexibility index (Phi) is 4.81. The third-order valence-electron chi connectivity index (χ3n) is 2.84. The molecule has 0 fully saturated rings. The van der Waals surface area contributed by atoms with Gasteiger partial charge in [-0.25, -0.2) is 0 Å². The van der Waals surface area contributed by atoms with E-state index < -0.39 is 0 Å². The summed E-state index contributed by atoms with van der Waals surface area (Å²) in [6, 6.07) is 8.17. The van der Waals surface area contributed by atoms with Crippen LogP contribution in [0.4, 0.5) is 0 Å². The molecule has 0 aliphatic rings. The molecule has 0 unspecified atom stereocenters. The van der Waals surface area contributed by atoms with Crippen molar-refractivity contribution in [3.05, 3.63) is 29.8 Å². The Morgan fingerprint density at radius 2 is 1.81 bits per heavy atom. The number of hydrogen-bond acceptors (Lipinski definition) is 2. The molecule has 0 bridgehead atoms. The smallest absolute Gasteiger partial charge is 0.119 e. The normalized spacial score (nSPS) is 11.5. The topological polar surface area (TPSA) is 35.2 Å². The molecule has 2 nitrogen and oxygen atoms in total. The Balaban J connectivity index is 2.23. The van der Waals surface area contributed by atoms with Crippen LogP contribution in [0, 0.1) is 12.3 Å². The van der Waals surface area contributed by atoms with Crippen LogP contribution < -0.4 is 10.5 Å². The highest BCUT2D eigenvalue weighted by Crippen LogP contribution is 2.20. The fourth-order valence-corrected chi connectivity index (χ4v) is 1.48. The van der Waals surface area contributed by atoms with Crippen LogP contribution in [0.1, 0.15) is 32.3 Å². The Labute approximate surface area is 98.8 Å². The lowest BCUT2D eigenvalue weighted by Gasteiger charge is -2.21. The lowest BCUT2D eigenvalue weighted by molar-refractivity contribution is 0.261. The average Bonchev–Trinajstić information content (AvgIpc) is 2.27. The summed E-state index contributed by atoms with van der Waals surface area (Å²) in [7, 11) is 0. The summed E-state index contributed by atoms with van der Waals surface area (Å²) < 4.78 is 5.66. The molecule has 1 aromatic rings. The van der Waals surface area contributed by atoms with Crippen molar-refractivity contribution in [3.63, 3.8) is 0 Å². The lowest BCUT2D eigenvalue weighted by Crippen LogP contribution is -2.23. The first-order chi connectivity index (χ1) is 7.53. The molecule has 0 atom stereocenters. The molecule has 0 radical (unpaired) electrons. The van der Waals surface area contributed by atoms with Crippen molar-refractivity contribution in [2.24, 2.45) is 11.1 Å². The lowest BCUT2D eigenvalue weighted by atomic mass is 9.88. The second-order valence-corrected chi connectivity index (χ2v) is 5.13. The Hall–Kier alpha value is -1.02. The van der Waals surface area contributed by atoms with Crippen LogP contribution >= 0.6 is 0 Å². The van der Waals surface area contributed by atoms with Crippen LogP contribution in [0.25, 0.3) is 0 Å². The summed E-state index contributed by atoms with van der Waals surface area (Å²) in [5.41, 5.74) is 7.17. The molecule has 0 heterocycles. The van der Waals surface area contributed by atoms with E-state index in [1.807, 2.05) is 12.1 Å². The van der Waals surface area contributed by atoms with Crippen molar-refractivity contribution in [2.45, 2.75) is 33.6 Å². The molecule has 0 aromatic heterocycles. The van der Waals surface area contributed by atoms with Gasteiger partial charge in [-0.3, -0.25) is 0 Å². The Bertz CT molecular complexity index is 303. The van der Waals surface area contributed by atoms with Gasteiger partial charge < -0.3 is 10.5 Å². The SMILES string of the molecule is Cc1ccc(OCCCC(C)(C)CN)cc1. The number of aryl methyl sites for hydroxylation is 1. The highest BCUT2D eigenvalue weighted by atomic mass is 16.5. The molecular weight excluding hydrogens is 198 g/mol. The molecule has 0 saturated carbocycles. The van der Waals surface area contributed by atoms with E-state index in [2.05, 4.69) is 32.9 Å². The minimum Gasteiger partial charge on any atom is -0.494 e. The van der Waals surface area contributed by atoms with Gasteiger partial charge in [0.15, 0.2) is 0 Å². The van der Waals surface area contributed by atoms with Crippen molar-refractivity contribution >= 4 is 0 Å². The van der Waals surface area contributed by atoms with Gasteiger partial charge >= 0.3 is 0 Å². The van der Waals surface area contributed by atoms with Crippen LogP contribution in [-0.2, 0) is 0 Å². The first-order valence-electron chi connectivity index (χ1n) is 5.93. The predicted molar refractivity (Wildman–Crippen MR) is 68.7 cm³/mol. The van der Waals surface area contributed by atoms with Gasteiger partial charge in [0.2, 0.25) is 0 Å². The van der Waals surface area contributed by atoms with E-state index in [1.54, 1.807) is 0 Å². The van der Waals surface area contributed by atoms with E-state index in [9.17, 15) is 0 Å². The van der Waals surface area contributed by atoms with Crippen LogP contribution in [0.15, 0.2) is 24.3 Å². The number of nitrogens with two attached hydrogens (primary N) is 1. The summed E-state index contributed by atoms with van der Waals surface area (Å²) >= 11 is 0. The third-order valence-corrected chi connectivity index (χ3v) is 2.84. The molecule has 1 aromatic carbocycles. The molecule has 16 heavy (non-hydrogen) atoms. The maximum atomic E-state index is 5.68. The van der Waals surface area contributed by atoms with Crippen molar-refractivity contribution in [2.75, 3.05) is 13.2 Å². The molecule has 0 aliphatic carbocycles. The van der Waals surface area contributed by atoms with Gasteiger partial charge in [0.1, 0.15) is 5.75 Å². The van der Waals surface area contributed by atoms with Crippen molar-refractivity contribution < 1.29 is 4.74 Å². The molecule has 0 amide bonds. The van der Waals surface area contributed by atoms with Crippen LogP contribution in [0.5, 0.6) is 5.75 Å². The summed E-state index contributed by atoms with van der Waals surface area (Å²) in [6.45, 7) is 7.97. The number of hydrogen-bond donors (Lipinski definition) is 1. The zero-order valence-corrected chi connectivity index (χ0v) is 10.6. The quantitative estimate of drug-likeness (QED) is 0.749. The highest BCUT2D eigenvalue weighted by Gasteiger charge is 2.14. The molecule has 0 saturated heterocycles. The van der Waals surface area contributed by atoms with Gasteiger partial charge in [-0.05, 0) is 43.9 Å². The molecular formula is C14H23NO. The summed E-state index contributed by atoms with van der Waals surface area (Å²) in [5, 5.41) is 0. The first kappa shape index (κ1) is 13.0. The molecule has 2 N–H and O–H groups in total. The second kappa shape index (κ2) is 5.90. The first-order valence-corrected chi connectivity index (χ1v) is 5.93. The minimum absolute atomic E-state index is 0.233. The average molecular weight is 221 g/mol. The summed E-state index contributed by atoms with van der Waals surface area (Å²) in [6.07, 6.45) is 2.16. The number of rotatable bonds is 6. The van der Waals surface area contributed by atoms with Gasteiger partial charge in [-0.1, -0.05) is 31.5 Å². The van der Waals surface area contributed by atoms with E-state index >= 15 is 0 Å². The molecule has 1 rings (SSSR count). The monoisotopic (exact) mass is 221 g/mol. The molecule has 0 aliphatic heterocycles. The van der Waals surface area contributed by atoms with Crippen LogP contribution in [0.2, 0.25) is 0 Å². The van der Waals surface area contributed by atoms with Gasteiger partial charge in [0.25, 0.3) is 0 Å². The van der Waals surface area contributed by atoms with Crippen LogP contribution in [-0.4, -0.2) is 13.2 Å². The highest BCUT2D eigenvalue weighted by molar-refractivity contribution is 5.26. The number of benzene rings is 1. The van der Waals surface area contributed by atoms with Crippen molar-refractivity contribution in [1.29, 1.82) is 0 Å². The second-order valence-electron chi connectivity index (χ2n) is 5.13. The van der Waals surface area contributed by atoms with E-state index in [0.29, 0.717) is 0 Å². The summed E-state index contributed by atoms with van der Waals surface area (Å²) in [4.78, 5) is 0. The molecule has 0 spiro atoms. The fourth-order valence-electron chi connectivity index (χ4n) is 1.48. The predicted octanol–water partition coefficient (Wildman–Crippen LogP) is 3.14. The van der Waals surface area contributed by atoms with Crippen LogP contribution in [0.3, 0.4) is 0 Å². The fraction of sp³-hybridized carbons (Fsp3) is 0.571. The largest absolute Gasteiger partial charge is 0.494 e. The van der Waals surface area contributed by atoms with Crippen molar-refractivity contribution in [3.8, 4) is 5.75 Å². The van der Waals surface area contributed by atoms with Crippen molar-refractivity contribution in [1.82, 2.24) is 0 Å². The zero-order valence-electron chi connectivity index (χ0n) is 10.6. The zero-order chi connectivity index (χ0) is 12.0. The van der Waals surface area contributed by atoms with E-state index in [4.69, 9.17) is 10.5 Å². The maximum absolute atomic E-state index is 5.68. The number of ether oxygens (including phenoxy) is 1. The molecule has 2 heteroatoms. The van der Waals surface area contributed by atoms with E-state index in [0.717, 1.165) is 31.7 Å². The Morgan fingerprint density at radius 3 is 2.38 bits per heavy atom. The standard InChI is InChI=1S/C14H23NO/c1-12-5-7-13(8-6-12)16-10-4-9-14(2,3)11-15/h5-8H,4,9-11,15H2,1-3H3. The summed E-state index contributed by atoms with van der Waals surface area (Å²) in [5.74, 6) is 0.955. The van der Waals surface area contributed by atoms with Gasteiger partial charge in [0, 0.05) is 0 Å². The maximum Gasteiger partial charge on any atom is 0.119 e. The van der Waals surface area contributed by atoms with Gasteiger partial charge in [-0.15, -0.1) is 0 Å². The minimum atomic E-state index is 0.233.